The van der Waals surface area contributed by atoms with E-state index in [1.807, 2.05) is 30.3 Å². The van der Waals surface area contributed by atoms with Gasteiger partial charge in [-0.2, -0.15) is 0 Å². The van der Waals surface area contributed by atoms with Crippen molar-refractivity contribution in [2.24, 2.45) is 0 Å². The predicted molar refractivity (Wildman–Crippen MR) is 58.7 cm³/mol. The van der Waals surface area contributed by atoms with Gasteiger partial charge >= 0.3 is 5.97 Å². The number of hydrogen-bond donors (Lipinski definition) is 2. The Morgan fingerprint density at radius 3 is 2.81 bits per heavy atom. The van der Waals surface area contributed by atoms with Crippen molar-refractivity contribution < 1.29 is 14.6 Å². The zero-order valence-electron chi connectivity index (χ0n) is 8.93. The summed E-state index contributed by atoms with van der Waals surface area (Å²) in [5, 5.41) is 12.2. The van der Waals surface area contributed by atoms with Crippen LogP contribution in [0.2, 0.25) is 0 Å². The van der Waals surface area contributed by atoms with Gasteiger partial charge in [-0.05, 0) is 5.56 Å². The van der Waals surface area contributed by atoms with Crippen LogP contribution in [-0.2, 0) is 16.1 Å². The van der Waals surface area contributed by atoms with E-state index in [-0.39, 0.29) is 18.6 Å². The second-order valence-corrected chi connectivity index (χ2v) is 3.94. The highest BCUT2D eigenvalue weighted by Gasteiger charge is 2.29. The molecule has 1 aromatic carbocycles. The fraction of sp³-hybridized carbons (Fsp3) is 0.417. The number of esters is 1. The van der Waals surface area contributed by atoms with Crippen LogP contribution >= 0.6 is 0 Å². The molecule has 0 spiro atoms. The number of rotatable bonds is 3. The number of β-amino-alcohol motifs (C(OH)–C–C–N with tert-alkyl or cyclic N) is 1. The first kappa shape index (κ1) is 11.1. The lowest BCUT2D eigenvalue weighted by Gasteiger charge is -2.10. The molecule has 2 atom stereocenters. The molecule has 0 aromatic heterocycles. The van der Waals surface area contributed by atoms with Gasteiger partial charge in [0.15, 0.2) is 0 Å². The van der Waals surface area contributed by atoms with Crippen molar-refractivity contribution in [1.82, 2.24) is 5.32 Å². The molecule has 16 heavy (non-hydrogen) atoms. The van der Waals surface area contributed by atoms with Crippen molar-refractivity contribution in [3.05, 3.63) is 35.9 Å². The molecular formula is C12H15NO3. The third kappa shape index (κ3) is 2.81. The van der Waals surface area contributed by atoms with Crippen LogP contribution in [0.5, 0.6) is 0 Å². The topological polar surface area (TPSA) is 58.6 Å². The molecule has 1 saturated heterocycles. The van der Waals surface area contributed by atoms with Gasteiger partial charge in [0.05, 0.1) is 6.10 Å². The Balaban J connectivity index is 1.80. The van der Waals surface area contributed by atoms with Crippen molar-refractivity contribution in [3.8, 4) is 0 Å². The van der Waals surface area contributed by atoms with Gasteiger partial charge in [-0.15, -0.1) is 0 Å². The number of hydrogen-bond acceptors (Lipinski definition) is 4. The van der Waals surface area contributed by atoms with E-state index < -0.39 is 6.10 Å². The van der Waals surface area contributed by atoms with Gasteiger partial charge in [-0.25, -0.2) is 0 Å². The molecule has 0 radical (unpaired) electrons. The van der Waals surface area contributed by atoms with Gasteiger partial charge in [-0.3, -0.25) is 4.79 Å². The maximum atomic E-state index is 11.6. The van der Waals surface area contributed by atoms with Crippen LogP contribution in [0.1, 0.15) is 12.0 Å². The first-order valence-corrected chi connectivity index (χ1v) is 5.38. The summed E-state index contributed by atoms with van der Waals surface area (Å²) >= 11 is 0. The smallest absolute Gasteiger partial charge is 0.323 e. The number of aliphatic hydroxyl groups excluding tert-OH is 1. The standard InChI is InChI=1S/C12H15NO3/c14-10-6-11(13-7-10)12(15)16-8-9-4-2-1-3-5-9/h1-5,10-11,13-14H,6-8H2/t10-,11?/m1/s1. The van der Waals surface area contributed by atoms with Gasteiger partial charge in [0.2, 0.25) is 0 Å². The molecule has 2 rings (SSSR count). The normalized spacial score (nSPS) is 24.3. The highest BCUT2D eigenvalue weighted by molar-refractivity contribution is 5.76. The van der Waals surface area contributed by atoms with E-state index in [0.29, 0.717) is 13.0 Å². The Kier molecular flexibility index (Phi) is 3.54. The van der Waals surface area contributed by atoms with Crippen LogP contribution in [-0.4, -0.2) is 29.8 Å². The Morgan fingerprint density at radius 1 is 1.44 bits per heavy atom. The number of aliphatic hydroxyl groups is 1. The molecule has 4 heteroatoms. The molecule has 1 unspecified atom stereocenters. The number of benzene rings is 1. The Labute approximate surface area is 94.2 Å². The molecule has 0 saturated carbocycles. The molecule has 0 aliphatic carbocycles. The van der Waals surface area contributed by atoms with Crippen LogP contribution in [0.15, 0.2) is 30.3 Å². The van der Waals surface area contributed by atoms with Crippen molar-refractivity contribution in [3.63, 3.8) is 0 Å². The number of nitrogens with one attached hydrogen (secondary N) is 1. The minimum atomic E-state index is -0.436. The summed E-state index contributed by atoms with van der Waals surface area (Å²) in [6.45, 7) is 0.749. The van der Waals surface area contributed by atoms with Crippen molar-refractivity contribution in [2.45, 2.75) is 25.2 Å². The summed E-state index contributed by atoms with van der Waals surface area (Å²) in [6.07, 6.45) is 0.00226. The lowest BCUT2D eigenvalue weighted by atomic mass is 10.2. The van der Waals surface area contributed by atoms with Gasteiger partial charge in [0.25, 0.3) is 0 Å². The van der Waals surface area contributed by atoms with Gasteiger partial charge in [0, 0.05) is 13.0 Å². The Bertz CT molecular complexity index is 353. The molecule has 1 heterocycles. The summed E-state index contributed by atoms with van der Waals surface area (Å²) < 4.78 is 5.15. The number of carbonyl (C=O) groups is 1. The molecule has 86 valence electrons. The molecule has 4 nitrogen and oxygen atoms in total. The van der Waals surface area contributed by atoms with E-state index >= 15 is 0 Å². The molecule has 1 aromatic rings. The average Bonchev–Trinajstić information content (AvgIpc) is 2.74. The fourth-order valence-electron chi connectivity index (χ4n) is 1.73. The molecule has 1 aliphatic rings. The molecule has 2 N–H and O–H groups in total. The summed E-state index contributed by atoms with van der Waals surface area (Å²) in [4.78, 5) is 11.6. The zero-order chi connectivity index (χ0) is 11.4. The van der Waals surface area contributed by atoms with E-state index in [2.05, 4.69) is 5.32 Å². The van der Waals surface area contributed by atoms with E-state index in [9.17, 15) is 9.90 Å². The second-order valence-electron chi connectivity index (χ2n) is 3.94. The largest absolute Gasteiger partial charge is 0.460 e. The van der Waals surface area contributed by atoms with E-state index in [0.717, 1.165) is 5.56 Å². The molecule has 1 aliphatic heterocycles. The highest BCUT2D eigenvalue weighted by Crippen LogP contribution is 2.09. The first-order valence-electron chi connectivity index (χ1n) is 5.38. The van der Waals surface area contributed by atoms with Gasteiger partial charge in [0.1, 0.15) is 12.6 Å². The van der Waals surface area contributed by atoms with Gasteiger partial charge in [-0.1, -0.05) is 30.3 Å². The average molecular weight is 221 g/mol. The van der Waals surface area contributed by atoms with Crippen LogP contribution < -0.4 is 5.32 Å². The number of ether oxygens (including phenoxy) is 1. The second kappa shape index (κ2) is 5.09. The predicted octanol–water partition coefficient (Wildman–Crippen LogP) is 0.453. The lowest BCUT2D eigenvalue weighted by Crippen LogP contribution is -2.32. The quantitative estimate of drug-likeness (QED) is 0.728. The fourth-order valence-corrected chi connectivity index (χ4v) is 1.73. The monoisotopic (exact) mass is 221 g/mol. The molecule has 1 fully saturated rings. The van der Waals surface area contributed by atoms with Crippen molar-refractivity contribution in [1.29, 1.82) is 0 Å². The van der Waals surface area contributed by atoms with Gasteiger partial charge < -0.3 is 15.2 Å². The van der Waals surface area contributed by atoms with Crippen molar-refractivity contribution in [2.75, 3.05) is 6.54 Å². The maximum absolute atomic E-state index is 11.6. The third-order valence-corrected chi connectivity index (χ3v) is 2.62. The van der Waals surface area contributed by atoms with E-state index in [1.165, 1.54) is 0 Å². The summed E-state index contributed by atoms with van der Waals surface area (Å²) in [5.41, 5.74) is 0.967. The van der Waals surface area contributed by atoms with Crippen LogP contribution in [0.3, 0.4) is 0 Å². The van der Waals surface area contributed by atoms with E-state index in [1.54, 1.807) is 0 Å². The minimum Gasteiger partial charge on any atom is -0.460 e. The lowest BCUT2D eigenvalue weighted by molar-refractivity contribution is -0.147. The molecule has 0 bridgehead atoms. The SMILES string of the molecule is O=C(OCc1ccccc1)C1C[C@@H](O)CN1. The Morgan fingerprint density at radius 2 is 2.19 bits per heavy atom. The summed E-state index contributed by atoms with van der Waals surface area (Å²) in [5.74, 6) is -0.291. The van der Waals surface area contributed by atoms with Crippen LogP contribution in [0.4, 0.5) is 0 Å². The van der Waals surface area contributed by atoms with Crippen molar-refractivity contribution >= 4 is 5.97 Å². The Hall–Kier alpha value is -1.39. The minimum absolute atomic E-state index is 0.286. The molecule has 0 amide bonds. The molecular weight excluding hydrogens is 206 g/mol. The number of carbonyl (C=O) groups excluding carboxylic acids is 1. The zero-order valence-corrected chi connectivity index (χ0v) is 8.93. The maximum Gasteiger partial charge on any atom is 0.323 e. The summed E-state index contributed by atoms with van der Waals surface area (Å²) in [7, 11) is 0. The highest BCUT2D eigenvalue weighted by atomic mass is 16.5. The van der Waals surface area contributed by atoms with E-state index in [4.69, 9.17) is 4.74 Å². The third-order valence-electron chi connectivity index (χ3n) is 2.62. The van der Waals surface area contributed by atoms with Crippen LogP contribution in [0.25, 0.3) is 0 Å². The summed E-state index contributed by atoms with van der Waals surface area (Å²) in [6, 6.07) is 9.18. The first-order chi connectivity index (χ1) is 7.75. The van der Waals surface area contributed by atoms with Crippen LogP contribution in [0, 0.1) is 0 Å².